The van der Waals surface area contributed by atoms with Gasteiger partial charge in [0.05, 0.1) is 6.61 Å². The summed E-state index contributed by atoms with van der Waals surface area (Å²) in [5, 5.41) is 20.9. The fraction of sp³-hybridized carbons (Fsp3) is 0.533. The van der Waals surface area contributed by atoms with Crippen molar-refractivity contribution in [1.29, 1.82) is 0 Å². The molecule has 20 heavy (non-hydrogen) atoms. The van der Waals surface area contributed by atoms with Gasteiger partial charge in [-0.2, -0.15) is 0 Å². The Kier molecular flexibility index (Phi) is 5.98. The summed E-state index contributed by atoms with van der Waals surface area (Å²) in [6.07, 6.45) is 0. The lowest BCUT2D eigenvalue weighted by atomic mass is 10.0. The highest BCUT2D eigenvalue weighted by Gasteiger charge is 2.19. The third kappa shape index (κ3) is 5.59. The highest BCUT2D eigenvalue weighted by atomic mass is 16.5. The largest absolute Gasteiger partial charge is 0.484 e. The van der Waals surface area contributed by atoms with E-state index in [0.29, 0.717) is 11.7 Å². The van der Waals surface area contributed by atoms with Crippen molar-refractivity contribution in [2.75, 3.05) is 19.8 Å². The average Bonchev–Trinajstić information content (AvgIpc) is 2.43. The standard InChI is InChI=1S/C15H23NO4/c1-11(2)12-4-6-13(7-5-12)20-8-14(18)16-9-15(3,19)10-17/h4-7,11,17,19H,8-10H2,1-3H3,(H,16,18). The van der Waals surface area contributed by atoms with Gasteiger partial charge >= 0.3 is 0 Å². The quantitative estimate of drug-likeness (QED) is 0.698. The number of hydrogen-bond donors (Lipinski definition) is 3. The molecule has 1 aromatic rings. The van der Waals surface area contributed by atoms with E-state index in [0.717, 1.165) is 0 Å². The molecule has 1 unspecified atom stereocenters. The molecule has 5 heteroatoms. The van der Waals surface area contributed by atoms with Crippen LogP contribution >= 0.6 is 0 Å². The number of carbonyl (C=O) groups is 1. The molecule has 1 aromatic carbocycles. The van der Waals surface area contributed by atoms with Gasteiger partial charge in [0.1, 0.15) is 11.4 Å². The van der Waals surface area contributed by atoms with E-state index < -0.39 is 12.2 Å². The van der Waals surface area contributed by atoms with E-state index in [2.05, 4.69) is 19.2 Å². The molecular formula is C15H23NO4. The maximum Gasteiger partial charge on any atom is 0.258 e. The Hall–Kier alpha value is -1.59. The third-order valence-electron chi connectivity index (χ3n) is 2.92. The summed E-state index contributed by atoms with van der Waals surface area (Å²) in [6.45, 7) is 5.11. The number of benzene rings is 1. The van der Waals surface area contributed by atoms with Crippen LogP contribution in [0.2, 0.25) is 0 Å². The van der Waals surface area contributed by atoms with Gasteiger partial charge in [-0.3, -0.25) is 4.79 Å². The summed E-state index contributed by atoms with van der Waals surface area (Å²) in [7, 11) is 0. The topological polar surface area (TPSA) is 78.8 Å². The minimum Gasteiger partial charge on any atom is -0.484 e. The SMILES string of the molecule is CC(C)c1ccc(OCC(=O)NCC(C)(O)CO)cc1. The van der Waals surface area contributed by atoms with Gasteiger partial charge in [0, 0.05) is 6.54 Å². The summed E-state index contributed by atoms with van der Waals surface area (Å²) in [5.41, 5.74) is -0.102. The normalized spacial score (nSPS) is 13.9. The van der Waals surface area contributed by atoms with Crippen molar-refractivity contribution in [1.82, 2.24) is 5.32 Å². The van der Waals surface area contributed by atoms with Gasteiger partial charge in [-0.1, -0.05) is 26.0 Å². The van der Waals surface area contributed by atoms with Crippen molar-refractivity contribution in [2.24, 2.45) is 0 Å². The van der Waals surface area contributed by atoms with Crippen LogP contribution in [-0.2, 0) is 4.79 Å². The second kappa shape index (κ2) is 7.26. The number of nitrogens with one attached hydrogen (secondary N) is 1. The first-order valence-electron chi connectivity index (χ1n) is 6.67. The van der Waals surface area contributed by atoms with Crippen LogP contribution < -0.4 is 10.1 Å². The molecule has 0 saturated carbocycles. The monoisotopic (exact) mass is 281 g/mol. The molecule has 0 bridgehead atoms. The molecule has 1 atom stereocenters. The molecule has 0 aliphatic carbocycles. The molecule has 1 amide bonds. The molecule has 0 aliphatic rings. The number of ether oxygens (including phenoxy) is 1. The molecular weight excluding hydrogens is 258 g/mol. The molecule has 0 heterocycles. The van der Waals surface area contributed by atoms with Gasteiger partial charge in [-0.05, 0) is 30.5 Å². The molecule has 0 radical (unpaired) electrons. The van der Waals surface area contributed by atoms with Gasteiger partial charge in [0.15, 0.2) is 6.61 Å². The van der Waals surface area contributed by atoms with Crippen LogP contribution in [0, 0.1) is 0 Å². The van der Waals surface area contributed by atoms with Crippen LogP contribution in [0.1, 0.15) is 32.3 Å². The first-order chi connectivity index (χ1) is 9.34. The minimum absolute atomic E-state index is 0.0159. The van der Waals surface area contributed by atoms with Crippen LogP contribution in [0.4, 0.5) is 0 Å². The Morgan fingerprint density at radius 3 is 2.45 bits per heavy atom. The van der Waals surface area contributed by atoms with E-state index in [1.54, 1.807) is 0 Å². The van der Waals surface area contributed by atoms with E-state index in [4.69, 9.17) is 9.84 Å². The van der Waals surface area contributed by atoms with Gasteiger partial charge in [-0.25, -0.2) is 0 Å². The third-order valence-corrected chi connectivity index (χ3v) is 2.92. The fourth-order valence-corrected chi connectivity index (χ4v) is 1.49. The van der Waals surface area contributed by atoms with Crippen LogP contribution in [0.15, 0.2) is 24.3 Å². The summed E-state index contributed by atoms with van der Waals surface area (Å²) < 4.78 is 5.35. The Labute approximate surface area is 119 Å². The maximum absolute atomic E-state index is 11.5. The minimum atomic E-state index is -1.31. The van der Waals surface area contributed by atoms with Crippen molar-refractivity contribution >= 4 is 5.91 Å². The molecule has 0 spiro atoms. The van der Waals surface area contributed by atoms with Crippen LogP contribution in [0.5, 0.6) is 5.75 Å². The van der Waals surface area contributed by atoms with E-state index >= 15 is 0 Å². The summed E-state index contributed by atoms with van der Waals surface area (Å²) >= 11 is 0. The molecule has 112 valence electrons. The maximum atomic E-state index is 11.5. The van der Waals surface area contributed by atoms with Gasteiger partial charge in [0.25, 0.3) is 5.91 Å². The predicted molar refractivity (Wildman–Crippen MR) is 76.7 cm³/mol. The number of hydrogen-bond acceptors (Lipinski definition) is 4. The zero-order valence-corrected chi connectivity index (χ0v) is 12.2. The van der Waals surface area contributed by atoms with E-state index in [-0.39, 0.29) is 19.1 Å². The predicted octanol–water partition coefficient (Wildman–Crippen LogP) is 1.05. The van der Waals surface area contributed by atoms with Crippen LogP contribution in [-0.4, -0.2) is 41.5 Å². The second-order valence-electron chi connectivity index (χ2n) is 5.44. The number of rotatable bonds is 7. The Balaban J connectivity index is 2.37. The van der Waals surface area contributed by atoms with Crippen molar-refractivity contribution in [3.63, 3.8) is 0 Å². The molecule has 0 fully saturated rings. The molecule has 0 aromatic heterocycles. The summed E-state index contributed by atoms with van der Waals surface area (Å²) in [4.78, 5) is 11.5. The Bertz CT molecular complexity index is 426. The molecule has 1 rings (SSSR count). The van der Waals surface area contributed by atoms with Crippen LogP contribution in [0.3, 0.4) is 0 Å². The zero-order valence-electron chi connectivity index (χ0n) is 12.2. The van der Waals surface area contributed by atoms with Crippen molar-refractivity contribution in [3.05, 3.63) is 29.8 Å². The highest BCUT2D eigenvalue weighted by molar-refractivity contribution is 5.77. The highest BCUT2D eigenvalue weighted by Crippen LogP contribution is 2.18. The first kappa shape index (κ1) is 16.5. The molecule has 3 N–H and O–H groups in total. The summed E-state index contributed by atoms with van der Waals surface area (Å²) in [6, 6.07) is 7.59. The zero-order chi connectivity index (χ0) is 15.2. The number of aliphatic hydroxyl groups is 2. The Morgan fingerprint density at radius 2 is 1.95 bits per heavy atom. The van der Waals surface area contributed by atoms with E-state index in [1.807, 2.05) is 24.3 Å². The average molecular weight is 281 g/mol. The number of aliphatic hydroxyl groups excluding tert-OH is 1. The second-order valence-corrected chi connectivity index (χ2v) is 5.44. The Morgan fingerprint density at radius 1 is 1.35 bits per heavy atom. The first-order valence-corrected chi connectivity index (χ1v) is 6.67. The van der Waals surface area contributed by atoms with Crippen molar-refractivity contribution in [2.45, 2.75) is 32.3 Å². The van der Waals surface area contributed by atoms with Gasteiger partial charge < -0.3 is 20.3 Å². The van der Waals surface area contributed by atoms with Crippen molar-refractivity contribution in [3.8, 4) is 5.75 Å². The fourth-order valence-electron chi connectivity index (χ4n) is 1.49. The molecule has 5 nitrogen and oxygen atoms in total. The number of amides is 1. The summed E-state index contributed by atoms with van der Waals surface area (Å²) in [5.74, 6) is 0.734. The van der Waals surface area contributed by atoms with Gasteiger partial charge in [0.2, 0.25) is 0 Å². The lowest BCUT2D eigenvalue weighted by Gasteiger charge is -2.20. The lowest BCUT2D eigenvalue weighted by molar-refractivity contribution is -0.124. The smallest absolute Gasteiger partial charge is 0.258 e. The van der Waals surface area contributed by atoms with E-state index in [9.17, 15) is 9.90 Å². The van der Waals surface area contributed by atoms with Crippen LogP contribution in [0.25, 0.3) is 0 Å². The van der Waals surface area contributed by atoms with Crippen molar-refractivity contribution < 1.29 is 19.7 Å². The molecule has 0 aliphatic heterocycles. The van der Waals surface area contributed by atoms with Gasteiger partial charge in [-0.15, -0.1) is 0 Å². The molecule has 0 saturated heterocycles. The number of carbonyl (C=O) groups excluding carboxylic acids is 1. The van der Waals surface area contributed by atoms with E-state index in [1.165, 1.54) is 12.5 Å². The lowest BCUT2D eigenvalue weighted by Crippen LogP contribution is -2.44.